The standard InChI is InChI=1S/C36H52ClN3O9S/c1-21-11-10-12-30(47-8)36(45)20-29(49-35(44)38-36)23(3)16-22(2)27(48-34(43)24(4)39(5)31(41)13-14-50-9)19-32(42)40(6)26-17-25(15-21)18-28(46-7)33(26)37/h10-12,17-18,22-24,27,29-30,45H,13-16,19-20H2,1-9H3,(H,38,44)/b12-10+,21-11+. The van der Waals surface area contributed by atoms with E-state index in [1.165, 1.54) is 35.8 Å². The number of allylic oxidation sites excluding steroid dienone is 3. The molecule has 1 saturated heterocycles. The van der Waals surface area contributed by atoms with Crippen LogP contribution in [-0.4, -0.2) is 104 Å². The average Bonchev–Trinajstić information content (AvgIpc) is 3.07. The van der Waals surface area contributed by atoms with Gasteiger partial charge in [0.05, 0.1) is 19.2 Å². The molecule has 0 spiro atoms. The maximum Gasteiger partial charge on any atom is 0.409 e. The van der Waals surface area contributed by atoms with Gasteiger partial charge in [0.15, 0.2) is 5.72 Å². The number of carbonyl (C=O) groups excluding carboxylic acids is 4. The van der Waals surface area contributed by atoms with E-state index in [9.17, 15) is 24.3 Å². The predicted molar refractivity (Wildman–Crippen MR) is 194 cm³/mol. The van der Waals surface area contributed by atoms with Crippen molar-refractivity contribution in [2.75, 3.05) is 45.2 Å². The Labute approximate surface area is 304 Å². The number of hydrogen-bond donors (Lipinski definition) is 2. The number of aliphatic hydroxyl groups is 1. The molecule has 50 heavy (non-hydrogen) atoms. The SMILES string of the molecule is COc1cc2cc(c1Cl)N(C)C(=O)CC(OC(=O)C(C)N(C)C(=O)CCSC)C(C)CC(C)C1CC(O)(NC(=O)O1)C(OC)/C=C/C=C(\C)C2. The Balaban J connectivity index is 2.06. The summed E-state index contributed by atoms with van der Waals surface area (Å²) >= 11 is 8.27. The van der Waals surface area contributed by atoms with Crippen LogP contribution >= 0.6 is 23.4 Å². The second-order valence-electron chi connectivity index (χ2n) is 13.3. The van der Waals surface area contributed by atoms with Crippen molar-refractivity contribution < 1.29 is 43.2 Å². The summed E-state index contributed by atoms with van der Waals surface area (Å²) in [6.45, 7) is 7.25. The second kappa shape index (κ2) is 18.3. The minimum absolute atomic E-state index is 0.0222. The van der Waals surface area contributed by atoms with Gasteiger partial charge in [-0.2, -0.15) is 11.8 Å². The van der Waals surface area contributed by atoms with Gasteiger partial charge in [-0.3, -0.25) is 14.9 Å². The van der Waals surface area contributed by atoms with Crippen molar-refractivity contribution in [1.82, 2.24) is 10.2 Å². The lowest BCUT2D eigenvalue weighted by molar-refractivity contribution is -0.162. The van der Waals surface area contributed by atoms with Crippen molar-refractivity contribution in [2.45, 2.75) is 89.9 Å². The summed E-state index contributed by atoms with van der Waals surface area (Å²) in [6, 6.07) is 2.72. The summed E-state index contributed by atoms with van der Waals surface area (Å²) in [4.78, 5) is 55.7. The summed E-state index contributed by atoms with van der Waals surface area (Å²) in [5.74, 6) is -0.938. The van der Waals surface area contributed by atoms with Crippen molar-refractivity contribution in [3.63, 3.8) is 0 Å². The maximum atomic E-state index is 14.0. The van der Waals surface area contributed by atoms with Gasteiger partial charge in [0.25, 0.3) is 0 Å². The molecule has 4 bridgehead atoms. The van der Waals surface area contributed by atoms with E-state index in [-0.39, 0.29) is 42.0 Å². The smallest absolute Gasteiger partial charge is 0.409 e. The summed E-state index contributed by atoms with van der Waals surface area (Å²) in [6.07, 6.45) is 4.83. The number of likely N-dealkylation sites (N-methyl/N-ethyl adjacent to an activating group) is 1. The van der Waals surface area contributed by atoms with E-state index in [0.29, 0.717) is 30.0 Å². The van der Waals surface area contributed by atoms with Crippen LogP contribution in [0.4, 0.5) is 10.5 Å². The lowest BCUT2D eigenvalue weighted by Gasteiger charge is -2.42. The number of esters is 1. The molecule has 0 aliphatic carbocycles. The number of amides is 3. The third kappa shape index (κ3) is 10.4. The summed E-state index contributed by atoms with van der Waals surface area (Å²) < 4.78 is 22.9. The minimum Gasteiger partial charge on any atom is -0.495 e. The third-order valence-electron chi connectivity index (χ3n) is 9.49. The Bertz CT molecular complexity index is 1460. The van der Waals surface area contributed by atoms with Gasteiger partial charge in [-0.25, -0.2) is 9.59 Å². The van der Waals surface area contributed by atoms with Crippen LogP contribution in [0, 0.1) is 11.8 Å². The highest BCUT2D eigenvalue weighted by Crippen LogP contribution is 2.38. The van der Waals surface area contributed by atoms with Gasteiger partial charge in [0.1, 0.15) is 35.1 Å². The Morgan fingerprint density at radius 1 is 1.24 bits per heavy atom. The molecule has 1 fully saturated rings. The summed E-state index contributed by atoms with van der Waals surface area (Å²) in [5.41, 5.74) is 0.439. The van der Waals surface area contributed by atoms with Gasteiger partial charge in [-0.1, -0.05) is 49.2 Å². The number of methoxy groups -OCH3 is 2. The topological polar surface area (TPSA) is 144 Å². The molecule has 7 atom stereocenters. The van der Waals surface area contributed by atoms with Gasteiger partial charge >= 0.3 is 12.1 Å². The Kier molecular flexibility index (Phi) is 15.1. The van der Waals surface area contributed by atoms with Gasteiger partial charge < -0.3 is 33.9 Å². The minimum atomic E-state index is -1.76. The lowest BCUT2D eigenvalue weighted by Crippen LogP contribution is -2.63. The normalized spacial score (nSPS) is 28.7. The molecule has 2 aliphatic rings. The van der Waals surface area contributed by atoms with Crippen LogP contribution in [0.15, 0.2) is 35.9 Å². The highest BCUT2D eigenvalue weighted by atomic mass is 35.5. The first kappa shape index (κ1) is 41.2. The number of ether oxygens (including phenoxy) is 4. The molecular formula is C36H52ClN3O9S. The van der Waals surface area contributed by atoms with Gasteiger partial charge in [-0.05, 0) is 62.5 Å². The van der Waals surface area contributed by atoms with Crippen molar-refractivity contribution in [3.05, 3.63) is 46.5 Å². The van der Waals surface area contributed by atoms with E-state index in [0.717, 1.165) is 11.1 Å². The molecule has 7 unspecified atom stereocenters. The van der Waals surface area contributed by atoms with Crippen LogP contribution < -0.4 is 15.0 Å². The highest BCUT2D eigenvalue weighted by Gasteiger charge is 2.46. The number of thioether (sulfide) groups is 1. The molecule has 2 aliphatic heterocycles. The van der Waals surface area contributed by atoms with Crippen molar-refractivity contribution >= 4 is 52.9 Å². The van der Waals surface area contributed by atoms with Crippen molar-refractivity contribution in [1.29, 1.82) is 0 Å². The molecule has 3 rings (SSSR count). The largest absolute Gasteiger partial charge is 0.495 e. The molecule has 12 nitrogen and oxygen atoms in total. The number of hydrogen-bond acceptors (Lipinski definition) is 10. The van der Waals surface area contributed by atoms with Crippen LogP contribution in [0.5, 0.6) is 5.75 Å². The van der Waals surface area contributed by atoms with Crippen LogP contribution in [0.2, 0.25) is 5.02 Å². The van der Waals surface area contributed by atoms with Gasteiger partial charge in [-0.15, -0.1) is 0 Å². The highest BCUT2D eigenvalue weighted by molar-refractivity contribution is 7.98. The fourth-order valence-electron chi connectivity index (χ4n) is 6.20. The number of anilines is 1. The van der Waals surface area contributed by atoms with Crippen molar-refractivity contribution in [2.24, 2.45) is 11.8 Å². The van der Waals surface area contributed by atoms with E-state index >= 15 is 0 Å². The lowest BCUT2D eigenvalue weighted by atomic mass is 9.83. The van der Waals surface area contributed by atoms with E-state index in [2.05, 4.69) is 5.32 Å². The van der Waals surface area contributed by atoms with E-state index in [4.69, 9.17) is 30.5 Å². The van der Waals surface area contributed by atoms with Crippen molar-refractivity contribution in [3.8, 4) is 5.75 Å². The molecule has 2 N–H and O–H groups in total. The molecule has 3 amide bonds. The molecule has 0 aromatic heterocycles. The third-order valence-corrected chi connectivity index (χ3v) is 10.5. The monoisotopic (exact) mass is 737 g/mol. The maximum absolute atomic E-state index is 14.0. The first-order valence-electron chi connectivity index (χ1n) is 16.7. The molecule has 0 saturated carbocycles. The van der Waals surface area contributed by atoms with Crippen LogP contribution in [-0.2, 0) is 35.0 Å². The zero-order valence-electron chi connectivity index (χ0n) is 30.5. The molecular weight excluding hydrogens is 686 g/mol. The number of nitrogens with one attached hydrogen (secondary N) is 1. The zero-order valence-corrected chi connectivity index (χ0v) is 32.1. The van der Waals surface area contributed by atoms with Gasteiger partial charge in [0, 0.05) is 39.8 Å². The quantitative estimate of drug-likeness (QED) is 0.345. The molecule has 2 heterocycles. The van der Waals surface area contributed by atoms with Crippen LogP contribution in [0.1, 0.15) is 58.9 Å². The molecule has 14 heteroatoms. The van der Waals surface area contributed by atoms with E-state index in [1.54, 1.807) is 39.2 Å². The fraction of sp³-hybridized carbons (Fsp3) is 0.611. The summed E-state index contributed by atoms with van der Waals surface area (Å²) in [7, 11) is 6.11. The average molecular weight is 738 g/mol. The Morgan fingerprint density at radius 2 is 1.94 bits per heavy atom. The number of halogens is 1. The number of rotatable bonds is 8. The predicted octanol–water partition coefficient (Wildman–Crippen LogP) is 5.14. The van der Waals surface area contributed by atoms with Crippen LogP contribution in [0.25, 0.3) is 0 Å². The number of carbonyl (C=O) groups is 4. The number of nitrogens with zero attached hydrogens (tertiary/aromatic N) is 2. The number of alkyl carbamates (subject to hydrolysis) is 1. The molecule has 1 aromatic carbocycles. The zero-order chi connectivity index (χ0) is 37.3. The fourth-order valence-corrected chi connectivity index (χ4v) is 6.89. The second-order valence-corrected chi connectivity index (χ2v) is 14.7. The van der Waals surface area contributed by atoms with E-state index in [1.807, 2.05) is 39.2 Å². The van der Waals surface area contributed by atoms with Gasteiger partial charge in [0.2, 0.25) is 11.8 Å². The number of benzene rings is 1. The van der Waals surface area contributed by atoms with Crippen LogP contribution in [0.3, 0.4) is 0 Å². The molecule has 0 radical (unpaired) electrons. The summed E-state index contributed by atoms with van der Waals surface area (Å²) in [5, 5.41) is 14.4. The van der Waals surface area contributed by atoms with E-state index < -0.39 is 48.1 Å². The Morgan fingerprint density at radius 3 is 2.58 bits per heavy atom. The molecule has 1 aromatic rings. The first-order valence-corrected chi connectivity index (χ1v) is 18.5. The Hall–Kier alpha value is -3.26. The molecule has 278 valence electrons. The first-order chi connectivity index (χ1) is 23.5. The number of fused-ring (bicyclic) bond motifs is 4.